The first-order chi connectivity index (χ1) is 7.15. The van der Waals surface area contributed by atoms with Crippen LogP contribution in [0.5, 0.6) is 0 Å². The third-order valence-corrected chi connectivity index (χ3v) is 2.79. The minimum Gasteiger partial charge on any atom is -0.383 e. The molecular weight excluding hydrogens is 186 g/mol. The highest BCUT2D eigenvalue weighted by Gasteiger charge is 2.04. The van der Waals surface area contributed by atoms with E-state index in [1.165, 1.54) is 16.7 Å². The summed E-state index contributed by atoms with van der Waals surface area (Å²) in [6.07, 6.45) is 0. The predicted octanol–water partition coefficient (Wildman–Crippen LogP) is 2.60. The van der Waals surface area contributed by atoms with E-state index in [0.717, 1.165) is 13.2 Å². The molecule has 0 bridgehead atoms. The summed E-state index contributed by atoms with van der Waals surface area (Å²) in [7, 11) is 1.72. The molecule has 0 spiro atoms. The van der Waals surface area contributed by atoms with Gasteiger partial charge in [0, 0.05) is 19.7 Å². The van der Waals surface area contributed by atoms with Crippen molar-refractivity contribution in [2.75, 3.05) is 20.3 Å². The Morgan fingerprint density at radius 1 is 1.27 bits per heavy atom. The lowest BCUT2D eigenvalue weighted by molar-refractivity contribution is 0.196. The Balaban J connectivity index is 2.57. The molecule has 0 aliphatic rings. The summed E-state index contributed by atoms with van der Waals surface area (Å²) in [5, 5.41) is 3.42. The summed E-state index contributed by atoms with van der Waals surface area (Å²) >= 11 is 0. The summed E-state index contributed by atoms with van der Waals surface area (Å²) in [4.78, 5) is 0. The van der Waals surface area contributed by atoms with Gasteiger partial charge in [-0.15, -0.1) is 0 Å². The molecule has 0 amide bonds. The van der Waals surface area contributed by atoms with Crippen LogP contribution in [0.15, 0.2) is 18.2 Å². The van der Waals surface area contributed by atoms with E-state index in [2.05, 4.69) is 44.3 Å². The van der Waals surface area contributed by atoms with Crippen molar-refractivity contribution in [2.45, 2.75) is 26.8 Å². The van der Waals surface area contributed by atoms with Crippen LogP contribution in [0.2, 0.25) is 0 Å². The van der Waals surface area contributed by atoms with Crippen LogP contribution in [0.3, 0.4) is 0 Å². The van der Waals surface area contributed by atoms with Gasteiger partial charge in [0.2, 0.25) is 0 Å². The van der Waals surface area contributed by atoms with Crippen LogP contribution in [0, 0.1) is 13.8 Å². The second-order valence-electron chi connectivity index (χ2n) is 4.01. The van der Waals surface area contributed by atoms with Crippen molar-refractivity contribution in [3.05, 3.63) is 34.9 Å². The van der Waals surface area contributed by atoms with Gasteiger partial charge in [-0.05, 0) is 37.5 Å². The van der Waals surface area contributed by atoms with Gasteiger partial charge in [0.05, 0.1) is 6.61 Å². The van der Waals surface area contributed by atoms with Crippen molar-refractivity contribution < 1.29 is 4.74 Å². The molecule has 1 atom stereocenters. The normalized spacial score (nSPS) is 12.8. The first-order valence-electron chi connectivity index (χ1n) is 5.44. The van der Waals surface area contributed by atoms with Gasteiger partial charge in [-0.25, -0.2) is 0 Å². The number of hydrogen-bond acceptors (Lipinski definition) is 2. The zero-order valence-corrected chi connectivity index (χ0v) is 10.1. The molecular formula is C13H21NO. The Hall–Kier alpha value is -0.860. The van der Waals surface area contributed by atoms with Crippen molar-refractivity contribution in [1.29, 1.82) is 0 Å². The van der Waals surface area contributed by atoms with Gasteiger partial charge in [-0.2, -0.15) is 0 Å². The Bertz CT molecular complexity index is 309. The highest BCUT2D eigenvalue weighted by Crippen LogP contribution is 2.16. The number of nitrogens with one attached hydrogen (secondary N) is 1. The van der Waals surface area contributed by atoms with Crippen molar-refractivity contribution in [3.63, 3.8) is 0 Å². The topological polar surface area (TPSA) is 21.3 Å². The molecule has 1 rings (SSSR count). The molecule has 1 N–H and O–H groups in total. The van der Waals surface area contributed by atoms with Crippen LogP contribution in [-0.2, 0) is 4.74 Å². The minimum atomic E-state index is 0.388. The van der Waals surface area contributed by atoms with Gasteiger partial charge < -0.3 is 10.1 Å². The molecule has 0 unspecified atom stereocenters. The SMILES string of the molecule is COCCN[C@H](C)c1ccc(C)c(C)c1. The summed E-state index contributed by atoms with van der Waals surface area (Å²) in [5.41, 5.74) is 4.05. The second kappa shape index (κ2) is 5.89. The molecule has 2 heteroatoms. The molecule has 2 nitrogen and oxygen atoms in total. The Morgan fingerprint density at radius 2 is 2.00 bits per heavy atom. The van der Waals surface area contributed by atoms with Crippen molar-refractivity contribution in [3.8, 4) is 0 Å². The zero-order chi connectivity index (χ0) is 11.3. The van der Waals surface area contributed by atoms with Gasteiger partial charge in [-0.3, -0.25) is 0 Å². The fourth-order valence-electron chi connectivity index (χ4n) is 1.53. The van der Waals surface area contributed by atoms with Crippen LogP contribution in [0.4, 0.5) is 0 Å². The highest BCUT2D eigenvalue weighted by molar-refractivity contribution is 5.31. The molecule has 0 aromatic heterocycles. The largest absolute Gasteiger partial charge is 0.383 e. The van der Waals surface area contributed by atoms with Crippen molar-refractivity contribution in [1.82, 2.24) is 5.32 Å². The van der Waals surface area contributed by atoms with Crippen LogP contribution < -0.4 is 5.32 Å². The molecule has 0 aliphatic heterocycles. The standard InChI is InChI=1S/C13H21NO/c1-10-5-6-13(9-11(10)2)12(3)14-7-8-15-4/h5-6,9,12,14H,7-8H2,1-4H3/t12-/m1/s1. The minimum absolute atomic E-state index is 0.388. The molecule has 0 aliphatic carbocycles. The molecule has 0 saturated heterocycles. The molecule has 0 fully saturated rings. The number of benzene rings is 1. The van der Waals surface area contributed by atoms with Gasteiger partial charge in [0.25, 0.3) is 0 Å². The second-order valence-corrected chi connectivity index (χ2v) is 4.01. The lowest BCUT2D eigenvalue weighted by Gasteiger charge is -2.15. The van der Waals surface area contributed by atoms with E-state index >= 15 is 0 Å². The first-order valence-corrected chi connectivity index (χ1v) is 5.44. The maximum atomic E-state index is 5.01. The molecule has 0 radical (unpaired) electrons. The molecule has 1 aromatic carbocycles. The predicted molar refractivity (Wildman–Crippen MR) is 64.2 cm³/mol. The fraction of sp³-hybridized carbons (Fsp3) is 0.538. The average molecular weight is 207 g/mol. The van der Waals surface area contributed by atoms with Gasteiger partial charge in [0.1, 0.15) is 0 Å². The quantitative estimate of drug-likeness (QED) is 0.749. The van der Waals surface area contributed by atoms with E-state index in [0.29, 0.717) is 6.04 Å². The lowest BCUT2D eigenvalue weighted by Crippen LogP contribution is -2.22. The highest BCUT2D eigenvalue weighted by atomic mass is 16.5. The number of rotatable bonds is 5. The summed E-state index contributed by atoms with van der Waals surface area (Å²) in [5.74, 6) is 0. The van der Waals surface area contributed by atoms with Crippen LogP contribution in [0.1, 0.15) is 29.7 Å². The van der Waals surface area contributed by atoms with E-state index in [4.69, 9.17) is 4.74 Å². The summed E-state index contributed by atoms with van der Waals surface area (Å²) in [6, 6.07) is 7.01. The Kier molecular flexibility index (Phi) is 4.79. The molecule has 84 valence electrons. The van der Waals surface area contributed by atoms with Crippen molar-refractivity contribution in [2.24, 2.45) is 0 Å². The maximum absolute atomic E-state index is 5.01. The zero-order valence-electron chi connectivity index (χ0n) is 10.1. The van der Waals surface area contributed by atoms with Crippen LogP contribution in [0.25, 0.3) is 0 Å². The Labute approximate surface area is 92.6 Å². The molecule has 0 heterocycles. The monoisotopic (exact) mass is 207 g/mol. The van der Waals surface area contributed by atoms with E-state index in [1.54, 1.807) is 7.11 Å². The average Bonchev–Trinajstić information content (AvgIpc) is 2.22. The third kappa shape index (κ3) is 3.65. The van der Waals surface area contributed by atoms with Crippen molar-refractivity contribution >= 4 is 0 Å². The number of aryl methyl sites for hydroxylation is 2. The van der Waals surface area contributed by atoms with E-state index in [1.807, 2.05) is 0 Å². The lowest BCUT2D eigenvalue weighted by atomic mass is 10.0. The van der Waals surface area contributed by atoms with Crippen LogP contribution >= 0.6 is 0 Å². The van der Waals surface area contributed by atoms with Gasteiger partial charge >= 0.3 is 0 Å². The first kappa shape index (κ1) is 12.2. The smallest absolute Gasteiger partial charge is 0.0587 e. The van der Waals surface area contributed by atoms with E-state index in [-0.39, 0.29) is 0 Å². The maximum Gasteiger partial charge on any atom is 0.0587 e. The number of ether oxygens (including phenoxy) is 1. The fourth-order valence-corrected chi connectivity index (χ4v) is 1.53. The van der Waals surface area contributed by atoms with Gasteiger partial charge in [0.15, 0.2) is 0 Å². The number of methoxy groups -OCH3 is 1. The molecule has 1 aromatic rings. The van der Waals surface area contributed by atoms with E-state index < -0.39 is 0 Å². The summed E-state index contributed by atoms with van der Waals surface area (Å²) < 4.78 is 5.01. The number of hydrogen-bond donors (Lipinski definition) is 1. The van der Waals surface area contributed by atoms with Gasteiger partial charge in [-0.1, -0.05) is 18.2 Å². The Morgan fingerprint density at radius 3 is 2.60 bits per heavy atom. The molecule has 15 heavy (non-hydrogen) atoms. The molecule has 0 saturated carbocycles. The van der Waals surface area contributed by atoms with Crippen LogP contribution in [-0.4, -0.2) is 20.3 Å². The third-order valence-electron chi connectivity index (χ3n) is 2.79. The summed E-state index contributed by atoms with van der Waals surface area (Å²) in [6.45, 7) is 8.13. The van der Waals surface area contributed by atoms with E-state index in [9.17, 15) is 0 Å².